The number of hydrogen-bond donors (Lipinski definition) is 1. The molecule has 4 heterocycles. The molecule has 21 heavy (non-hydrogen) atoms. The largest absolute Gasteiger partial charge is 0.345 e. The maximum atomic E-state index is 4.51. The molecule has 6 heteroatoms. The summed E-state index contributed by atoms with van der Waals surface area (Å²) in [4.78, 5) is 13.4. The molecule has 0 atom stereocenters. The fraction of sp³-hybridized carbons (Fsp3) is 0.267. The predicted molar refractivity (Wildman–Crippen MR) is 84.8 cm³/mol. The first-order chi connectivity index (χ1) is 10.1. The number of rotatable bonds is 2. The van der Waals surface area contributed by atoms with Gasteiger partial charge in [0.05, 0.1) is 11.2 Å². The minimum Gasteiger partial charge on any atom is -0.345 e. The molecule has 0 aromatic carbocycles. The number of H-pyrrole nitrogens is 1. The van der Waals surface area contributed by atoms with E-state index in [2.05, 4.69) is 46.9 Å². The van der Waals surface area contributed by atoms with E-state index in [1.54, 1.807) is 17.7 Å². The number of hydrogen-bond acceptors (Lipinski definition) is 4. The SMILES string of the molecule is Cc1cc(-c2[nH]c3scnc3c2C(C)C)cn2ncnc12. The quantitative estimate of drug-likeness (QED) is 0.613. The van der Waals surface area contributed by atoms with Crippen molar-refractivity contribution in [2.75, 3.05) is 0 Å². The number of aromatic nitrogens is 5. The average Bonchev–Trinajstić information content (AvgIpc) is 3.12. The molecule has 0 bridgehead atoms. The van der Waals surface area contributed by atoms with Gasteiger partial charge < -0.3 is 4.98 Å². The second-order valence-corrected chi connectivity index (χ2v) is 6.39. The Labute approximate surface area is 125 Å². The smallest absolute Gasteiger partial charge is 0.158 e. The maximum Gasteiger partial charge on any atom is 0.158 e. The second-order valence-electron chi connectivity index (χ2n) is 5.54. The highest BCUT2D eigenvalue weighted by Crippen LogP contribution is 2.36. The normalized spacial score (nSPS) is 12.0. The van der Waals surface area contributed by atoms with E-state index in [1.807, 2.05) is 16.2 Å². The minimum atomic E-state index is 0.405. The number of thiazole rings is 1. The van der Waals surface area contributed by atoms with E-state index in [9.17, 15) is 0 Å². The molecule has 4 aromatic heterocycles. The zero-order valence-electron chi connectivity index (χ0n) is 12.1. The Balaban J connectivity index is 2.03. The van der Waals surface area contributed by atoms with E-state index in [1.165, 1.54) is 5.56 Å². The lowest BCUT2D eigenvalue weighted by molar-refractivity contribution is 0.874. The summed E-state index contributed by atoms with van der Waals surface area (Å²) in [5.41, 5.74) is 8.52. The average molecular weight is 297 g/mol. The van der Waals surface area contributed by atoms with Crippen LogP contribution in [-0.4, -0.2) is 24.6 Å². The van der Waals surface area contributed by atoms with E-state index >= 15 is 0 Å². The lowest BCUT2D eigenvalue weighted by Crippen LogP contribution is -1.95. The summed E-state index contributed by atoms with van der Waals surface area (Å²) >= 11 is 1.64. The highest BCUT2D eigenvalue weighted by molar-refractivity contribution is 7.16. The van der Waals surface area contributed by atoms with Crippen molar-refractivity contribution in [1.29, 1.82) is 0 Å². The van der Waals surface area contributed by atoms with E-state index < -0.39 is 0 Å². The van der Waals surface area contributed by atoms with Crippen molar-refractivity contribution in [3.8, 4) is 11.3 Å². The van der Waals surface area contributed by atoms with E-state index in [0.717, 1.165) is 32.8 Å². The van der Waals surface area contributed by atoms with Crippen molar-refractivity contribution >= 4 is 27.3 Å². The van der Waals surface area contributed by atoms with Gasteiger partial charge in [0.1, 0.15) is 16.7 Å². The lowest BCUT2D eigenvalue weighted by atomic mass is 9.99. The van der Waals surface area contributed by atoms with E-state index in [-0.39, 0.29) is 0 Å². The third-order valence-electron chi connectivity index (χ3n) is 3.76. The summed E-state index contributed by atoms with van der Waals surface area (Å²) in [5.74, 6) is 0.405. The number of nitrogens with zero attached hydrogens (tertiary/aromatic N) is 4. The van der Waals surface area contributed by atoms with Crippen molar-refractivity contribution in [2.45, 2.75) is 26.7 Å². The minimum absolute atomic E-state index is 0.405. The van der Waals surface area contributed by atoms with Gasteiger partial charge in [-0.1, -0.05) is 13.8 Å². The molecule has 4 aromatic rings. The molecule has 5 nitrogen and oxygen atoms in total. The van der Waals surface area contributed by atoms with Crippen LogP contribution in [0.5, 0.6) is 0 Å². The molecular formula is C15H15N5S. The molecule has 0 unspecified atom stereocenters. The first kappa shape index (κ1) is 12.5. The molecule has 4 rings (SSSR count). The van der Waals surface area contributed by atoms with Crippen molar-refractivity contribution in [3.63, 3.8) is 0 Å². The number of pyridine rings is 1. The number of nitrogens with one attached hydrogen (secondary N) is 1. The Kier molecular flexibility index (Phi) is 2.62. The molecule has 0 saturated heterocycles. The van der Waals surface area contributed by atoms with Crippen molar-refractivity contribution in [1.82, 2.24) is 24.6 Å². The van der Waals surface area contributed by atoms with Gasteiger partial charge in [0.15, 0.2) is 5.65 Å². The van der Waals surface area contributed by atoms with Crippen molar-refractivity contribution < 1.29 is 0 Å². The van der Waals surface area contributed by atoms with Crippen LogP contribution in [0.4, 0.5) is 0 Å². The molecule has 0 aliphatic carbocycles. The summed E-state index contributed by atoms with van der Waals surface area (Å²) in [5, 5.41) is 4.26. The van der Waals surface area contributed by atoms with Gasteiger partial charge in [-0.15, -0.1) is 11.3 Å². The van der Waals surface area contributed by atoms with Gasteiger partial charge in [0, 0.05) is 17.3 Å². The molecular weight excluding hydrogens is 282 g/mol. The number of aryl methyl sites for hydroxylation is 1. The molecule has 0 amide bonds. The predicted octanol–water partition coefficient (Wildman–Crippen LogP) is 3.77. The van der Waals surface area contributed by atoms with Gasteiger partial charge in [-0.2, -0.15) is 5.10 Å². The van der Waals surface area contributed by atoms with E-state index in [0.29, 0.717) is 5.92 Å². The van der Waals surface area contributed by atoms with Crippen LogP contribution in [0.3, 0.4) is 0 Å². The molecule has 106 valence electrons. The number of fused-ring (bicyclic) bond motifs is 2. The summed E-state index contributed by atoms with van der Waals surface area (Å²) in [6, 6.07) is 2.16. The summed E-state index contributed by atoms with van der Waals surface area (Å²) in [6.45, 7) is 6.46. The van der Waals surface area contributed by atoms with Crippen molar-refractivity contribution in [3.05, 3.63) is 35.2 Å². The van der Waals surface area contributed by atoms with Crippen LogP contribution in [0.15, 0.2) is 24.1 Å². The van der Waals surface area contributed by atoms with Gasteiger partial charge in [0.25, 0.3) is 0 Å². The van der Waals surface area contributed by atoms with Crippen LogP contribution in [-0.2, 0) is 0 Å². The van der Waals surface area contributed by atoms with Crippen LogP contribution >= 0.6 is 11.3 Å². The molecule has 1 N–H and O–H groups in total. The van der Waals surface area contributed by atoms with Crippen LogP contribution in [0, 0.1) is 6.92 Å². The summed E-state index contributed by atoms with van der Waals surface area (Å²) < 4.78 is 1.83. The van der Waals surface area contributed by atoms with Gasteiger partial charge >= 0.3 is 0 Å². The second kappa shape index (κ2) is 4.39. The Hall–Kier alpha value is -2.21. The van der Waals surface area contributed by atoms with Crippen LogP contribution in [0.2, 0.25) is 0 Å². The van der Waals surface area contributed by atoms with Gasteiger partial charge in [-0.3, -0.25) is 0 Å². The van der Waals surface area contributed by atoms with E-state index in [4.69, 9.17) is 0 Å². The zero-order chi connectivity index (χ0) is 14.6. The van der Waals surface area contributed by atoms with Gasteiger partial charge in [0.2, 0.25) is 0 Å². The standard InChI is InChI=1S/C15H15N5S/c1-8(2)11-12(19-15-13(11)17-7-21-15)10-4-9(3)14-16-6-18-20(14)5-10/h4-8,19H,1-3H3. The van der Waals surface area contributed by atoms with Gasteiger partial charge in [-0.05, 0) is 24.5 Å². The topological polar surface area (TPSA) is 58.9 Å². The van der Waals surface area contributed by atoms with Gasteiger partial charge in [-0.25, -0.2) is 14.5 Å². The fourth-order valence-corrected chi connectivity index (χ4v) is 3.55. The third-order valence-corrected chi connectivity index (χ3v) is 4.50. The highest BCUT2D eigenvalue weighted by atomic mass is 32.1. The summed E-state index contributed by atoms with van der Waals surface area (Å²) in [6.07, 6.45) is 3.61. The first-order valence-corrected chi connectivity index (χ1v) is 7.78. The maximum absolute atomic E-state index is 4.51. The Morgan fingerprint density at radius 1 is 1.29 bits per heavy atom. The summed E-state index contributed by atoms with van der Waals surface area (Å²) in [7, 11) is 0. The highest BCUT2D eigenvalue weighted by Gasteiger charge is 2.19. The monoisotopic (exact) mass is 297 g/mol. The first-order valence-electron chi connectivity index (χ1n) is 6.90. The number of aromatic amines is 1. The van der Waals surface area contributed by atoms with Crippen LogP contribution in [0.25, 0.3) is 27.3 Å². The molecule has 0 spiro atoms. The Bertz CT molecular complexity index is 944. The molecule has 0 aliphatic heterocycles. The molecule has 0 aliphatic rings. The molecule has 0 radical (unpaired) electrons. The fourth-order valence-electron chi connectivity index (χ4n) is 2.85. The molecule has 0 saturated carbocycles. The lowest BCUT2D eigenvalue weighted by Gasteiger charge is -2.09. The Morgan fingerprint density at radius 2 is 2.14 bits per heavy atom. The Morgan fingerprint density at radius 3 is 2.95 bits per heavy atom. The van der Waals surface area contributed by atoms with Crippen LogP contribution < -0.4 is 0 Å². The third kappa shape index (κ3) is 1.79. The van der Waals surface area contributed by atoms with Crippen LogP contribution in [0.1, 0.15) is 30.9 Å². The van der Waals surface area contributed by atoms with Crippen molar-refractivity contribution in [2.24, 2.45) is 0 Å². The zero-order valence-corrected chi connectivity index (χ0v) is 12.9. The molecule has 0 fully saturated rings.